The molecular formula is C35H27F3N2O6S. The first-order chi connectivity index (χ1) is 22.0. The lowest BCUT2D eigenvalue weighted by molar-refractivity contribution is 0.361. The fourth-order valence-electron chi connectivity index (χ4n) is 7.16. The minimum absolute atomic E-state index is 0.0589. The molecule has 0 spiro atoms. The van der Waals surface area contributed by atoms with E-state index in [1.807, 2.05) is 63.4 Å². The second-order valence-electron chi connectivity index (χ2n) is 13.1. The SMILES string of the molecule is CN1c2cc3c(cc2-c2occc2C1(C)C)C(c1c(F)c(F)cc(F)c1S(=O)(=O)[O-])=c1cc2c(cc1O3)=[N+](C)C(C)(C)c1ccoc1-2. The Morgan fingerprint density at radius 2 is 1.49 bits per heavy atom. The van der Waals surface area contributed by atoms with Crippen molar-refractivity contribution in [2.45, 2.75) is 43.7 Å². The maximum atomic E-state index is 16.1. The largest absolute Gasteiger partial charge is 0.744 e. The molecule has 3 aliphatic heterocycles. The van der Waals surface area contributed by atoms with Crippen molar-refractivity contribution >= 4 is 21.4 Å². The molecule has 240 valence electrons. The molecule has 0 amide bonds. The van der Waals surface area contributed by atoms with Crippen molar-refractivity contribution in [1.82, 2.24) is 4.58 Å². The molecule has 8 rings (SSSR count). The van der Waals surface area contributed by atoms with Crippen LogP contribution < -0.4 is 24.8 Å². The van der Waals surface area contributed by atoms with Gasteiger partial charge in [0.25, 0.3) is 0 Å². The zero-order chi connectivity index (χ0) is 33.5. The number of furan rings is 2. The molecule has 0 saturated heterocycles. The van der Waals surface area contributed by atoms with Crippen LogP contribution in [0.15, 0.2) is 68.7 Å². The lowest BCUT2D eigenvalue weighted by atomic mass is 9.82. The standard InChI is InChI=1S/C35H27F3N2O6S/c1-34(2)20-7-9-44-31(20)16-11-18-26(14-24(16)39(34)5)46-27-15-25-17(32-21(8-10-45-32)35(3,4)40(25)6)12-19(27)28(18)29-30(38)22(36)13-23(37)33(29)47(41,42)43/h7-15H,1-6H3. The summed E-state index contributed by atoms with van der Waals surface area (Å²) >= 11 is 0. The number of rotatable bonds is 2. The van der Waals surface area contributed by atoms with E-state index in [-0.39, 0.29) is 33.9 Å². The number of halogens is 3. The van der Waals surface area contributed by atoms with Gasteiger partial charge in [-0.2, -0.15) is 0 Å². The monoisotopic (exact) mass is 660 g/mol. The van der Waals surface area contributed by atoms with Crippen LogP contribution in [0.5, 0.6) is 11.5 Å². The van der Waals surface area contributed by atoms with Crippen LogP contribution in [0.3, 0.4) is 0 Å². The lowest BCUT2D eigenvalue weighted by Gasteiger charge is -2.42. The van der Waals surface area contributed by atoms with Crippen LogP contribution in [0.25, 0.3) is 28.2 Å². The van der Waals surface area contributed by atoms with Gasteiger partial charge in [0.15, 0.2) is 22.9 Å². The van der Waals surface area contributed by atoms with E-state index < -0.39 is 49.1 Å². The molecule has 0 aliphatic carbocycles. The van der Waals surface area contributed by atoms with Crippen molar-refractivity contribution in [3.8, 4) is 34.1 Å². The van der Waals surface area contributed by atoms with E-state index in [2.05, 4.69) is 0 Å². The van der Waals surface area contributed by atoms with Crippen LogP contribution in [-0.2, 0) is 21.2 Å². The molecule has 0 fully saturated rings. The van der Waals surface area contributed by atoms with Crippen molar-refractivity contribution in [2.75, 3.05) is 19.0 Å². The van der Waals surface area contributed by atoms with Gasteiger partial charge in [0.05, 0.1) is 40.9 Å². The first-order valence-corrected chi connectivity index (χ1v) is 16.1. The summed E-state index contributed by atoms with van der Waals surface area (Å²) < 4.78 is 105. The molecule has 0 unspecified atom stereocenters. The third-order valence-corrected chi connectivity index (χ3v) is 11.0. The zero-order valence-electron chi connectivity index (χ0n) is 26.1. The number of hydrogen-bond donors (Lipinski definition) is 0. The van der Waals surface area contributed by atoms with Crippen molar-refractivity contribution in [1.29, 1.82) is 0 Å². The van der Waals surface area contributed by atoms with Gasteiger partial charge in [-0.05, 0) is 38.1 Å². The molecule has 3 aliphatic rings. The van der Waals surface area contributed by atoms with Gasteiger partial charge in [-0.3, -0.25) is 0 Å². The Morgan fingerprint density at radius 1 is 0.830 bits per heavy atom. The molecule has 0 bridgehead atoms. The van der Waals surface area contributed by atoms with Crippen LogP contribution in [0.2, 0.25) is 0 Å². The van der Waals surface area contributed by atoms with Gasteiger partial charge in [0.1, 0.15) is 45.1 Å². The topological polar surface area (TPSA) is 99.0 Å². The second kappa shape index (κ2) is 9.17. The average molecular weight is 661 g/mol. The highest BCUT2D eigenvalue weighted by atomic mass is 32.2. The molecule has 47 heavy (non-hydrogen) atoms. The zero-order valence-corrected chi connectivity index (χ0v) is 26.9. The summed E-state index contributed by atoms with van der Waals surface area (Å²) in [6, 6.07) is 10.3. The normalized spacial score (nSPS) is 16.9. The van der Waals surface area contributed by atoms with E-state index in [9.17, 15) is 13.0 Å². The third-order valence-electron chi connectivity index (χ3n) is 10.1. The molecule has 2 aromatic heterocycles. The number of hydrogen-bond acceptors (Lipinski definition) is 7. The predicted octanol–water partition coefficient (Wildman–Crippen LogP) is 5.94. The number of anilines is 1. The molecule has 0 radical (unpaired) electrons. The minimum atomic E-state index is -5.67. The summed E-state index contributed by atoms with van der Waals surface area (Å²) in [7, 11) is -1.89. The fourth-order valence-corrected chi connectivity index (χ4v) is 7.90. The Hall–Kier alpha value is -4.81. The highest BCUT2D eigenvalue weighted by molar-refractivity contribution is 7.85. The van der Waals surface area contributed by atoms with Crippen LogP contribution >= 0.6 is 0 Å². The fraction of sp³-hybridized carbons (Fsp3) is 0.229. The van der Waals surface area contributed by atoms with Gasteiger partial charge in [-0.1, -0.05) is 0 Å². The maximum absolute atomic E-state index is 16.1. The van der Waals surface area contributed by atoms with Gasteiger partial charge in [0.2, 0.25) is 5.36 Å². The molecule has 0 atom stereocenters. The first kappa shape index (κ1) is 29.6. The lowest BCUT2D eigenvalue weighted by Crippen LogP contribution is -2.46. The Bertz CT molecular complexity index is 2490. The first-order valence-electron chi connectivity index (χ1n) is 14.7. The summed E-state index contributed by atoms with van der Waals surface area (Å²) in [5, 5.41) is 0.780. The predicted molar refractivity (Wildman–Crippen MR) is 165 cm³/mol. The van der Waals surface area contributed by atoms with Gasteiger partial charge in [0, 0.05) is 66.1 Å². The summed E-state index contributed by atoms with van der Waals surface area (Å²) in [6.07, 6.45) is 3.08. The molecule has 3 aromatic carbocycles. The number of nitrogens with zero attached hydrogens (tertiary/aromatic N) is 2. The van der Waals surface area contributed by atoms with Gasteiger partial charge in [-0.25, -0.2) is 26.2 Å². The maximum Gasteiger partial charge on any atom is 0.215 e. The van der Waals surface area contributed by atoms with Gasteiger partial charge < -0.3 is 23.0 Å². The van der Waals surface area contributed by atoms with E-state index in [4.69, 9.17) is 13.6 Å². The molecule has 5 heterocycles. The van der Waals surface area contributed by atoms with E-state index in [0.717, 1.165) is 11.1 Å². The van der Waals surface area contributed by atoms with Crippen LogP contribution in [0.1, 0.15) is 49.9 Å². The summed E-state index contributed by atoms with van der Waals surface area (Å²) in [6.45, 7) is 8.06. The summed E-state index contributed by atoms with van der Waals surface area (Å²) in [4.78, 5) is 0.505. The Kier molecular flexibility index (Phi) is 5.77. The van der Waals surface area contributed by atoms with Crippen molar-refractivity contribution in [3.63, 3.8) is 0 Å². The van der Waals surface area contributed by atoms with E-state index in [1.165, 1.54) is 0 Å². The van der Waals surface area contributed by atoms with Gasteiger partial charge in [-0.15, -0.1) is 0 Å². The van der Waals surface area contributed by atoms with Crippen LogP contribution in [0.4, 0.5) is 18.9 Å². The minimum Gasteiger partial charge on any atom is -0.744 e. The molecule has 5 aromatic rings. The quantitative estimate of drug-likeness (QED) is 0.129. The Morgan fingerprint density at radius 3 is 2.17 bits per heavy atom. The van der Waals surface area contributed by atoms with E-state index >= 15 is 13.2 Å². The molecule has 0 N–H and O–H groups in total. The third kappa shape index (κ3) is 3.79. The van der Waals surface area contributed by atoms with Crippen molar-refractivity contribution in [2.24, 2.45) is 0 Å². The summed E-state index contributed by atoms with van der Waals surface area (Å²) in [5.41, 5.74) is 1.27. The van der Waals surface area contributed by atoms with Crippen molar-refractivity contribution < 1.29 is 39.7 Å². The Balaban J connectivity index is 1.58. The number of ether oxygens (including phenoxy) is 1. The van der Waals surface area contributed by atoms with Crippen molar-refractivity contribution in [3.05, 3.63) is 105 Å². The van der Waals surface area contributed by atoms with Gasteiger partial charge >= 0.3 is 0 Å². The summed E-state index contributed by atoms with van der Waals surface area (Å²) in [5.74, 6) is -3.75. The smallest absolute Gasteiger partial charge is 0.215 e. The van der Waals surface area contributed by atoms with E-state index in [1.54, 1.807) is 36.8 Å². The average Bonchev–Trinajstić information content (AvgIpc) is 3.70. The molecule has 0 saturated carbocycles. The van der Waals surface area contributed by atoms with Crippen LogP contribution in [0, 0.1) is 17.5 Å². The van der Waals surface area contributed by atoms with E-state index in [0.29, 0.717) is 33.7 Å². The highest BCUT2D eigenvalue weighted by Crippen LogP contribution is 2.52. The number of fused-ring (bicyclic) bond motifs is 8. The number of benzene rings is 3. The molecule has 8 nitrogen and oxygen atoms in total. The molecular weight excluding hydrogens is 633 g/mol. The second-order valence-corrected chi connectivity index (χ2v) is 14.4. The van der Waals surface area contributed by atoms with Crippen LogP contribution in [-0.4, -0.2) is 27.1 Å². The Labute approximate surface area is 267 Å². The highest BCUT2D eigenvalue weighted by Gasteiger charge is 2.42. The molecule has 12 heteroatoms.